The molecule has 2 rings (SSSR count). The third-order valence-electron chi connectivity index (χ3n) is 4.85. The van der Waals surface area contributed by atoms with E-state index in [4.69, 9.17) is 0 Å². The zero-order chi connectivity index (χ0) is 15.4. The molecule has 0 radical (unpaired) electrons. The molecule has 0 heterocycles. The molecule has 1 fully saturated rings. The van der Waals surface area contributed by atoms with Crippen molar-refractivity contribution in [2.75, 3.05) is 5.32 Å². The van der Waals surface area contributed by atoms with Crippen LogP contribution in [0.15, 0.2) is 24.3 Å². The zero-order valence-electron chi connectivity index (χ0n) is 13.6. The van der Waals surface area contributed by atoms with Gasteiger partial charge in [0.2, 0.25) is 5.91 Å². The summed E-state index contributed by atoms with van der Waals surface area (Å²) in [5.41, 5.74) is 2.03. The van der Waals surface area contributed by atoms with Crippen LogP contribution in [0.2, 0.25) is 0 Å². The molecule has 2 N–H and O–H groups in total. The summed E-state index contributed by atoms with van der Waals surface area (Å²) in [6.07, 6.45) is 3.74. The maximum absolute atomic E-state index is 12.3. The van der Waals surface area contributed by atoms with Gasteiger partial charge in [-0.3, -0.25) is 4.79 Å². The Morgan fingerprint density at radius 3 is 2.76 bits per heavy atom. The lowest BCUT2D eigenvalue weighted by molar-refractivity contribution is -0.118. The second-order valence-electron chi connectivity index (χ2n) is 6.62. The van der Waals surface area contributed by atoms with Crippen LogP contribution in [-0.2, 0) is 4.79 Å². The van der Waals surface area contributed by atoms with Gasteiger partial charge >= 0.3 is 0 Å². The smallest absolute Gasteiger partial charge is 0.241 e. The Morgan fingerprint density at radius 2 is 2.05 bits per heavy atom. The average molecular weight is 288 g/mol. The number of carbonyl (C=O) groups excluding carboxylic acids is 1. The van der Waals surface area contributed by atoms with Crippen LogP contribution >= 0.6 is 0 Å². The minimum atomic E-state index is -0.164. The van der Waals surface area contributed by atoms with Gasteiger partial charge in [-0.05, 0) is 49.8 Å². The van der Waals surface area contributed by atoms with Gasteiger partial charge in [-0.1, -0.05) is 38.8 Å². The Balaban J connectivity index is 1.90. The maximum Gasteiger partial charge on any atom is 0.241 e. The van der Waals surface area contributed by atoms with Crippen LogP contribution in [0.1, 0.15) is 45.6 Å². The van der Waals surface area contributed by atoms with E-state index in [1.807, 2.05) is 38.1 Å². The summed E-state index contributed by atoms with van der Waals surface area (Å²) in [6.45, 7) is 8.60. The van der Waals surface area contributed by atoms with Crippen molar-refractivity contribution < 1.29 is 4.79 Å². The predicted molar refractivity (Wildman–Crippen MR) is 88.4 cm³/mol. The van der Waals surface area contributed by atoms with Crippen molar-refractivity contribution in [3.8, 4) is 0 Å². The van der Waals surface area contributed by atoms with Crippen molar-refractivity contribution in [2.24, 2.45) is 11.8 Å². The molecule has 0 bridgehead atoms. The molecule has 0 aromatic heterocycles. The molecule has 4 atom stereocenters. The second-order valence-corrected chi connectivity index (χ2v) is 6.62. The number of hydrogen-bond donors (Lipinski definition) is 2. The van der Waals surface area contributed by atoms with Crippen LogP contribution in [0.3, 0.4) is 0 Å². The molecule has 3 nitrogen and oxygen atoms in total. The monoisotopic (exact) mass is 288 g/mol. The normalized spacial score (nSPS) is 27.1. The summed E-state index contributed by atoms with van der Waals surface area (Å²) in [6, 6.07) is 8.21. The van der Waals surface area contributed by atoms with E-state index in [0.29, 0.717) is 12.0 Å². The number of amides is 1. The minimum Gasteiger partial charge on any atom is -0.325 e. The van der Waals surface area contributed by atoms with E-state index in [1.165, 1.54) is 19.3 Å². The van der Waals surface area contributed by atoms with Crippen LogP contribution in [0.25, 0.3) is 0 Å². The first-order chi connectivity index (χ1) is 9.97. The summed E-state index contributed by atoms with van der Waals surface area (Å²) in [4.78, 5) is 12.3. The van der Waals surface area contributed by atoms with E-state index in [9.17, 15) is 4.79 Å². The highest BCUT2D eigenvalue weighted by molar-refractivity contribution is 5.94. The highest BCUT2D eigenvalue weighted by Crippen LogP contribution is 2.29. The van der Waals surface area contributed by atoms with E-state index in [1.54, 1.807) is 0 Å². The number of nitrogens with one attached hydrogen (secondary N) is 2. The summed E-state index contributed by atoms with van der Waals surface area (Å²) >= 11 is 0. The highest BCUT2D eigenvalue weighted by Gasteiger charge is 2.29. The van der Waals surface area contributed by atoms with Gasteiger partial charge in [0.15, 0.2) is 0 Å². The largest absolute Gasteiger partial charge is 0.325 e. The van der Waals surface area contributed by atoms with Crippen LogP contribution in [-0.4, -0.2) is 18.0 Å². The molecule has 3 heteroatoms. The summed E-state index contributed by atoms with van der Waals surface area (Å²) in [7, 11) is 0. The number of carbonyl (C=O) groups is 1. The van der Waals surface area contributed by atoms with E-state index in [2.05, 4.69) is 24.5 Å². The molecule has 1 saturated carbocycles. The fraction of sp³-hybridized carbons (Fsp3) is 0.611. The molecule has 1 aromatic rings. The third-order valence-corrected chi connectivity index (χ3v) is 4.85. The zero-order valence-corrected chi connectivity index (χ0v) is 13.6. The molecule has 0 spiro atoms. The molecular formula is C18H28N2O. The van der Waals surface area contributed by atoms with Gasteiger partial charge in [0.05, 0.1) is 6.04 Å². The molecule has 21 heavy (non-hydrogen) atoms. The second kappa shape index (κ2) is 7.08. The molecule has 0 saturated heterocycles. The predicted octanol–water partition coefficient (Wildman–Crippen LogP) is 3.74. The molecule has 1 aliphatic rings. The van der Waals surface area contributed by atoms with Crippen molar-refractivity contribution in [3.05, 3.63) is 29.8 Å². The first-order valence-electron chi connectivity index (χ1n) is 8.11. The van der Waals surface area contributed by atoms with Crippen LogP contribution in [0.5, 0.6) is 0 Å². The molecule has 0 aliphatic heterocycles. The Bertz CT molecular complexity index is 486. The minimum absolute atomic E-state index is 0.0472. The van der Waals surface area contributed by atoms with E-state index in [0.717, 1.165) is 17.2 Å². The summed E-state index contributed by atoms with van der Waals surface area (Å²) < 4.78 is 0. The Hall–Kier alpha value is -1.35. The number of anilines is 1. The van der Waals surface area contributed by atoms with E-state index in [-0.39, 0.29) is 11.9 Å². The van der Waals surface area contributed by atoms with E-state index >= 15 is 0 Å². The van der Waals surface area contributed by atoms with Crippen LogP contribution in [0.4, 0.5) is 5.69 Å². The van der Waals surface area contributed by atoms with Crippen molar-refractivity contribution in [1.82, 2.24) is 5.32 Å². The van der Waals surface area contributed by atoms with Gasteiger partial charge in [-0.15, -0.1) is 0 Å². The van der Waals surface area contributed by atoms with Crippen LogP contribution < -0.4 is 10.6 Å². The first-order valence-corrected chi connectivity index (χ1v) is 8.11. The van der Waals surface area contributed by atoms with Crippen molar-refractivity contribution >= 4 is 11.6 Å². The molecular weight excluding hydrogens is 260 g/mol. The van der Waals surface area contributed by atoms with Gasteiger partial charge in [0, 0.05) is 11.7 Å². The number of hydrogen-bond acceptors (Lipinski definition) is 2. The number of aryl methyl sites for hydroxylation is 1. The first kappa shape index (κ1) is 16.0. The Morgan fingerprint density at radius 1 is 1.29 bits per heavy atom. The molecule has 116 valence electrons. The summed E-state index contributed by atoms with van der Waals surface area (Å²) in [5.74, 6) is 1.42. The van der Waals surface area contributed by atoms with Gasteiger partial charge in [0.25, 0.3) is 0 Å². The van der Waals surface area contributed by atoms with Gasteiger partial charge in [0.1, 0.15) is 0 Å². The quantitative estimate of drug-likeness (QED) is 0.886. The molecule has 1 aliphatic carbocycles. The average Bonchev–Trinajstić information content (AvgIpc) is 2.44. The standard InChI is InChI=1S/C18H28N2O/c1-12-7-5-9-16(11-12)20-18(21)15(4)19-17-10-6-8-13(2)14(17)3/h5,7,9,11,13-15,17,19H,6,8,10H2,1-4H3,(H,20,21)/t13-,14-,15-,17+/m0/s1. The topological polar surface area (TPSA) is 41.1 Å². The van der Waals surface area contributed by atoms with E-state index < -0.39 is 0 Å². The number of benzene rings is 1. The Labute approximate surface area is 128 Å². The fourth-order valence-corrected chi connectivity index (χ4v) is 3.19. The Kier molecular flexibility index (Phi) is 5.40. The van der Waals surface area contributed by atoms with Crippen molar-refractivity contribution in [2.45, 2.75) is 59.0 Å². The fourth-order valence-electron chi connectivity index (χ4n) is 3.19. The SMILES string of the molecule is Cc1cccc(NC(=O)[C@H](C)N[C@@H]2CCC[C@H](C)[C@@H]2C)c1. The maximum atomic E-state index is 12.3. The molecule has 1 amide bonds. The molecule has 0 unspecified atom stereocenters. The van der Waals surface area contributed by atoms with Crippen molar-refractivity contribution in [1.29, 1.82) is 0 Å². The van der Waals surface area contributed by atoms with Gasteiger partial charge in [-0.2, -0.15) is 0 Å². The van der Waals surface area contributed by atoms with Crippen LogP contribution in [0, 0.1) is 18.8 Å². The third kappa shape index (κ3) is 4.31. The lowest BCUT2D eigenvalue weighted by Gasteiger charge is -2.36. The van der Waals surface area contributed by atoms with Gasteiger partial charge < -0.3 is 10.6 Å². The lowest BCUT2D eigenvalue weighted by Crippen LogP contribution is -2.49. The highest BCUT2D eigenvalue weighted by atomic mass is 16.2. The van der Waals surface area contributed by atoms with Gasteiger partial charge in [-0.25, -0.2) is 0 Å². The van der Waals surface area contributed by atoms with Crippen molar-refractivity contribution in [3.63, 3.8) is 0 Å². The lowest BCUT2D eigenvalue weighted by atomic mass is 9.78. The molecule has 1 aromatic carbocycles. The summed E-state index contributed by atoms with van der Waals surface area (Å²) in [5, 5.41) is 6.52. The number of rotatable bonds is 4.